The van der Waals surface area contributed by atoms with Crippen molar-refractivity contribution in [3.05, 3.63) is 47.0 Å². The monoisotopic (exact) mass is 470 g/mol. The van der Waals surface area contributed by atoms with Crippen molar-refractivity contribution in [2.24, 2.45) is 0 Å². The van der Waals surface area contributed by atoms with E-state index in [-0.39, 0.29) is 0 Å². The molecule has 1 saturated heterocycles. The first-order valence-corrected chi connectivity index (χ1v) is 11.6. The minimum Gasteiger partial charge on any atom is -0.369 e. The summed E-state index contributed by atoms with van der Waals surface area (Å²) in [5, 5.41) is 30.3. The van der Waals surface area contributed by atoms with Crippen LogP contribution in [0.25, 0.3) is 5.65 Å². The Morgan fingerprint density at radius 3 is 2.80 bits per heavy atom. The summed E-state index contributed by atoms with van der Waals surface area (Å²) in [4.78, 5) is 13.1. The molecular formula is C24H23FN10. The lowest BCUT2D eigenvalue weighted by molar-refractivity contribution is 0.301. The molecule has 4 heterocycles. The van der Waals surface area contributed by atoms with Crippen molar-refractivity contribution in [2.75, 3.05) is 35.2 Å². The van der Waals surface area contributed by atoms with Gasteiger partial charge in [0.25, 0.3) is 0 Å². The summed E-state index contributed by atoms with van der Waals surface area (Å²) in [5.41, 5.74) is 4.74. The van der Waals surface area contributed by atoms with Crippen molar-refractivity contribution in [3.63, 3.8) is 0 Å². The highest BCUT2D eigenvalue weighted by atomic mass is 19.1. The van der Waals surface area contributed by atoms with Crippen LogP contribution in [0, 0.1) is 29.6 Å². The molecular weight excluding hydrogens is 447 g/mol. The molecule has 1 aromatic carbocycles. The lowest BCUT2D eigenvalue weighted by atomic mass is 10.1. The van der Waals surface area contributed by atoms with Gasteiger partial charge in [-0.05, 0) is 37.5 Å². The van der Waals surface area contributed by atoms with Gasteiger partial charge in [0.05, 0.1) is 17.8 Å². The van der Waals surface area contributed by atoms with E-state index in [0.717, 1.165) is 36.3 Å². The molecule has 2 fully saturated rings. The number of aromatic nitrogens is 4. The lowest BCUT2D eigenvalue weighted by Gasteiger charge is -2.33. The van der Waals surface area contributed by atoms with Gasteiger partial charge in [0.2, 0.25) is 5.95 Å². The first-order valence-electron chi connectivity index (χ1n) is 11.6. The summed E-state index contributed by atoms with van der Waals surface area (Å²) in [6.45, 7) is 3.85. The maximum absolute atomic E-state index is 13.9. The van der Waals surface area contributed by atoms with E-state index in [1.807, 2.05) is 19.2 Å². The third kappa shape index (κ3) is 3.85. The average molecular weight is 471 g/mol. The van der Waals surface area contributed by atoms with Crippen LogP contribution >= 0.6 is 0 Å². The van der Waals surface area contributed by atoms with Gasteiger partial charge in [-0.15, -0.1) is 5.10 Å². The van der Waals surface area contributed by atoms with E-state index in [4.69, 9.17) is 0 Å². The van der Waals surface area contributed by atoms with Gasteiger partial charge in [-0.3, -0.25) is 0 Å². The second-order valence-corrected chi connectivity index (χ2v) is 9.16. The molecule has 3 aromatic rings. The van der Waals surface area contributed by atoms with Crippen LogP contribution in [0.4, 0.5) is 27.5 Å². The molecule has 1 saturated carbocycles. The Bertz CT molecular complexity index is 1440. The summed E-state index contributed by atoms with van der Waals surface area (Å²) in [6, 6.07) is 8.29. The van der Waals surface area contributed by atoms with E-state index in [2.05, 4.69) is 47.6 Å². The number of imidazole rings is 1. The van der Waals surface area contributed by atoms with E-state index in [1.165, 1.54) is 10.7 Å². The van der Waals surface area contributed by atoms with Gasteiger partial charge in [0, 0.05) is 55.4 Å². The van der Waals surface area contributed by atoms with Gasteiger partial charge in [-0.2, -0.15) is 20.0 Å². The fourth-order valence-corrected chi connectivity index (χ4v) is 4.65. The fourth-order valence-electron chi connectivity index (χ4n) is 4.65. The molecule has 10 nitrogen and oxygen atoms in total. The molecule has 0 amide bonds. The first-order chi connectivity index (χ1) is 17.0. The summed E-state index contributed by atoms with van der Waals surface area (Å²) in [6.07, 6.45) is 5.16. The second-order valence-electron chi connectivity index (χ2n) is 9.16. The number of anilines is 4. The molecule has 0 radical (unpaired) electrons. The number of hydrogen-bond acceptors (Lipinski definition) is 9. The number of halogens is 1. The molecule has 1 aliphatic carbocycles. The SMILES string of the molecule is Cc1c(Nc2nc(NC3CC3)c3ncc(C#N)n3n2)cc(C#N)cc1N1C=C2C[C@H](F)CN2CC1. The molecule has 0 bridgehead atoms. The molecule has 6 rings (SSSR count). The Labute approximate surface area is 201 Å². The minimum absolute atomic E-state index is 0.290. The van der Waals surface area contributed by atoms with Crippen LogP contribution in [0.5, 0.6) is 0 Å². The molecule has 2 aromatic heterocycles. The Hall–Kier alpha value is -4.38. The van der Waals surface area contributed by atoms with E-state index in [0.29, 0.717) is 59.9 Å². The average Bonchev–Trinajstić information content (AvgIpc) is 3.44. The van der Waals surface area contributed by atoms with Gasteiger partial charge in [-0.1, -0.05) is 0 Å². The maximum Gasteiger partial charge on any atom is 0.247 e. The number of nitrogens with zero attached hydrogens (tertiary/aromatic N) is 8. The molecule has 2 N–H and O–H groups in total. The molecule has 176 valence electrons. The zero-order valence-electron chi connectivity index (χ0n) is 19.2. The zero-order valence-corrected chi connectivity index (χ0v) is 19.2. The number of allylic oxidation sites excluding steroid dienone is 1. The molecule has 35 heavy (non-hydrogen) atoms. The summed E-state index contributed by atoms with van der Waals surface area (Å²) in [5.74, 6) is 0.849. The van der Waals surface area contributed by atoms with Crippen LogP contribution in [0.15, 0.2) is 30.2 Å². The maximum atomic E-state index is 13.9. The Balaban J connectivity index is 1.39. The number of nitriles is 2. The molecule has 0 spiro atoms. The van der Waals surface area contributed by atoms with Gasteiger partial charge in [0.15, 0.2) is 17.2 Å². The van der Waals surface area contributed by atoms with Gasteiger partial charge in [-0.25, -0.2) is 9.37 Å². The number of nitrogens with one attached hydrogen (secondary N) is 2. The van der Waals surface area contributed by atoms with Crippen LogP contribution < -0.4 is 15.5 Å². The second kappa shape index (κ2) is 8.13. The molecule has 11 heteroatoms. The standard InChI is InChI=1S/C24H23FN10/c1-14-20(6-15(9-26)7-21(14)34-5-4-33-12-16(25)8-18(33)13-34)30-24-31-22(29-17-2-3-17)23-28-11-19(10-27)35(23)32-24/h6-7,11,13,16-17H,2-5,8,12H2,1H3,(H2,29,30,31,32)/t16-/m0/s1. The third-order valence-electron chi connectivity index (χ3n) is 6.63. The van der Waals surface area contributed by atoms with Crippen molar-refractivity contribution in [3.8, 4) is 12.1 Å². The van der Waals surface area contributed by atoms with E-state index >= 15 is 0 Å². The number of rotatable bonds is 5. The number of hydrogen-bond donors (Lipinski definition) is 2. The van der Waals surface area contributed by atoms with Crippen LogP contribution in [-0.2, 0) is 0 Å². The molecule has 3 aliphatic rings. The number of alkyl halides is 1. The van der Waals surface area contributed by atoms with Crippen molar-refractivity contribution in [2.45, 2.75) is 38.4 Å². The number of benzene rings is 1. The molecule has 0 unspecified atom stereocenters. The highest BCUT2D eigenvalue weighted by Gasteiger charge is 2.30. The van der Waals surface area contributed by atoms with E-state index in [1.54, 1.807) is 6.07 Å². The van der Waals surface area contributed by atoms with Crippen molar-refractivity contribution < 1.29 is 4.39 Å². The topological polar surface area (TPSA) is 121 Å². The van der Waals surface area contributed by atoms with Crippen molar-refractivity contribution in [1.29, 1.82) is 10.5 Å². The van der Waals surface area contributed by atoms with E-state index in [9.17, 15) is 14.9 Å². The van der Waals surface area contributed by atoms with Crippen LogP contribution in [0.1, 0.15) is 36.1 Å². The quantitative estimate of drug-likeness (QED) is 0.579. The Morgan fingerprint density at radius 2 is 2.03 bits per heavy atom. The summed E-state index contributed by atoms with van der Waals surface area (Å²) < 4.78 is 15.4. The van der Waals surface area contributed by atoms with Crippen LogP contribution in [0.3, 0.4) is 0 Å². The van der Waals surface area contributed by atoms with Gasteiger partial charge in [0.1, 0.15) is 12.2 Å². The largest absolute Gasteiger partial charge is 0.369 e. The number of fused-ring (bicyclic) bond motifs is 2. The van der Waals surface area contributed by atoms with Gasteiger partial charge < -0.3 is 20.4 Å². The molecule has 1 atom stereocenters. The normalized spacial score (nSPS) is 19.2. The predicted molar refractivity (Wildman–Crippen MR) is 128 cm³/mol. The first kappa shape index (κ1) is 21.2. The van der Waals surface area contributed by atoms with E-state index < -0.39 is 6.17 Å². The Morgan fingerprint density at radius 1 is 1.17 bits per heavy atom. The smallest absolute Gasteiger partial charge is 0.247 e. The van der Waals surface area contributed by atoms with Crippen molar-refractivity contribution in [1.82, 2.24) is 24.5 Å². The fraction of sp³-hybridized carbons (Fsp3) is 0.375. The summed E-state index contributed by atoms with van der Waals surface area (Å²) in [7, 11) is 0. The highest BCUT2D eigenvalue weighted by molar-refractivity contribution is 5.74. The van der Waals surface area contributed by atoms with Crippen LogP contribution in [0.2, 0.25) is 0 Å². The Kier molecular flexibility index (Phi) is 4.92. The minimum atomic E-state index is -0.836. The molecule has 2 aliphatic heterocycles. The zero-order chi connectivity index (χ0) is 24.1. The third-order valence-corrected chi connectivity index (χ3v) is 6.63. The predicted octanol–water partition coefficient (Wildman–Crippen LogP) is 3.20. The summed E-state index contributed by atoms with van der Waals surface area (Å²) >= 11 is 0. The van der Waals surface area contributed by atoms with Gasteiger partial charge >= 0.3 is 0 Å². The van der Waals surface area contributed by atoms with Crippen molar-refractivity contribution >= 4 is 28.8 Å². The lowest BCUT2D eigenvalue weighted by Crippen LogP contribution is -2.36. The highest BCUT2D eigenvalue weighted by Crippen LogP contribution is 2.35. The van der Waals surface area contributed by atoms with Crippen LogP contribution in [-0.4, -0.2) is 56.3 Å².